The minimum absolute atomic E-state index is 0.115. The zero-order chi connectivity index (χ0) is 27.2. The number of nitro groups is 1. The lowest BCUT2D eigenvalue weighted by Gasteiger charge is -2.30. The van der Waals surface area contributed by atoms with Gasteiger partial charge in [-0.15, -0.1) is 0 Å². The van der Waals surface area contributed by atoms with Crippen LogP contribution in [0.2, 0.25) is 0 Å². The number of hydrogen-bond donors (Lipinski definition) is 0. The summed E-state index contributed by atoms with van der Waals surface area (Å²) >= 11 is 0. The van der Waals surface area contributed by atoms with Gasteiger partial charge in [0.25, 0.3) is 17.2 Å². The molecule has 1 heterocycles. The second-order valence-corrected chi connectivity index (χ2v) is 8.50. The number of hydrogen-bond acceptors (Lipinski definition) is 7. The van der Waals surface area contributed by atoms with Crippen LogP contribution in [0.5, 0.6) is 5.75 Å². The van der Waals surface area contributed by atoms with E-state index in [9.17, 15) is 19.7 Å². The smallest absolute Gasteiger partial charge is 0.269 e. The van der Waals surface area contributed by atoms with E-state index in [2.05, 4.69) is 0 Å². The Balaban J connectivity index is 1.89. The molecular weight excluding hydrogens is 488 g/mol. The van der Waals surface area contributed by atoms with Crippen molar-refractivity contribution in [3.63, 3.8) is 0 Å². The van der Waals surface area contributed by atoms with Crippen LogP contribution in [0.25, 0.3) is 16.6 Å². The van der Waals surface area contributed by atoms with Crippen LogP contribution in [-0.4, -0.2) is 52.1 Å². The molecule has 1 unspecified atom stereocenters. The highest BCUT2D eigenvalue weighted by molar-refractivity contribution is 5.94. The number of carbonyl (C=O) groups excluding carboxylic acids is 1. The van der Waals surface area contributed by atoms with Gasteiger partial charge >= 0.3 is 0 Å². The van der Waals surface area contributed by atoms with Crippen LogP contribution in [-0.2, 0) is 4.74 Å². The van der Waals surface area contributed by atoms with E-state index < -0.39 is 11.0 Å². The van der Waals surface area contributed by atoms with Gasteiger partial charge in [-0.2, -0.15) is 0 Å². The Bertz CT molecular complexity index is 1520. The van der Waals surface area contributed by atoms with Crippen molar-refractivity contribution in [3.05, 3.63) is 105 Å². The maximum Gasteiger partial charge on any atom is 0.269 e. The largest absolute Gasteiger partial charge is 0.492 e. The highest BCUT2D eigenvalue weighted by Gasteiger charge is 2.28. The Kier molecular flexibility index (Phi) is 8.12. The van der Waals surface area contributed by atoms with Gasteiger partial charge in [-0.1, -0.05) is 24.3 Å². The fraction of sp³-hybridized carbons (Fsp3) is 0.250. The number of methoxy groups -OCH3 is 1. The van der Waals surface area contributed by atoms with Gasteiger partial charge in [0.1, 0.15) is 11.6 Å². The van der Waals surface area contributed by atoms with Crippen LogP contribution in [0.4, 0.5) is 5.69 Å². The third-order valence-electron chi connectivity index (χ3n) is 6.17. The van der Waals surface area contributed by atoms with E-state index in [4.69, 9.17) is 14.5 Å². The molecule has 3 aromatic carbocycles. The van der Waals surface area contributed by atoms with Crippen molar-refractivity contribution in [1.29, 1.82) is 0 Å². The molecule has 0 radical (unpaired) electrons. The molecule has 1 atom stereocenters. The predicted molar refractivity (Wildman–Crippen MR) is 143 cm³/mol. The lowest BCUT2D eigenvalue weighted by molar-refractivity contribution is -0.384. The van der Waals surface area contributed by atoms with Crippen LogP contribution in [0, 0.1) is 10.1 Å². The summed E-state index contributed by atoms with van der Waals surface area (Å²) in [6.45, 7) is 4.47. The number of rotatable bonds is 10. The summed E-state index contributed by atoms with van der Waals surface area (Å²) < 4.78 is 12.6. The Morgan fingerprint density at radius 3 is 2.45 bits per heavy atom. The minimum atomic E-state index is -0.681. The summed E-state index contributed by atoms with van der Waals surface area (Å²) in [5.74, 6) is 0.469. The highest BCUT2D eigenvalue weighted by atomic mass is 16.6. The average Bonchev–Trinajstić information content (AvgIpc) is 2.93. The molecule has 0 saturated carbocycles. The number of ether oxygens (including phenoxy) is 2. The molecule has 1 amide bonds. The maximum absolute atomic E-state index is 13.9. The number of carbonyl (C=O) groups is 1. The molecule has 10 heteroatoms. The predicted octanol–water partition coefficient (Wildman–Crippen LogP) is 4.54. The zero-order valence-corrected chi connectivity index (χ0v) is 21.4. The second kappa shape index (κ2) is 11.7. The Hall–Kier alpha value is -4.57. The molecule has 0 bridgehead atoms. The third kappa shape index (κ3) is 5.25. The number of amides is 1. The molecule has 38 heavy (non-hydrogen) atoms. The molecule has 196 valence electrons. The van der Waals surface area contributed by atoms with Crippen LogP contribution < -0.4 is 10.3 Å². The molecule has 0 aliphatic rings. The average molecular weight is 517 g/mol. The van der Waals surface area contributed by atoms with E-state index in [1.807, 2.05) is 13.0 Å². The van der Waals surface area contributed by atoms with Gasteiger partial charge in [-0.05, 0) is 50.2 Å². The fourth-order valence-electron chi connectivity index (χ4n) is 4.27. The van der Waals surface area contributed by atoms with Crippen molar-refractivity contribution in [3.8, 4) is 11.4 Å². The van der Waals surface area contributed by atoms with Gasteiger partial charge < -0.3 is 14.4 Å². The first-order chi connectivity index (χ1) is 18.4. The molecule has 0 fully saturated rings. The zero-order valence-electron chi connectivity index (χ0n) is 21.4. The van der Waals surface area contributed by atoms with Gasteiger partial charge in [0.05, 0.1) is 40.8 Å². The van der Waals surface area contributed by atoms with Crippen LogP contribution >= 0.6 is 0 Å². The standard InChI is InChI=1S/C28H28N4O6/c1-4-38-25-12-8-7-11-24(25)31-26(29-23-10-6-5-9-22(23)28(31)34)19(2)30(17-18-37-3)27(33)20-13-15-21(16-14-20)32(35)36/h5-16,19H,4,17-18H2,1-3H3. The molecule has 0 N–H and O–H groups in total. The molecule has 1 aromatic heterocycles. The van der Waals surface area contributed by atoms with E-state index in [1.165, 1.54) is 35.9 Å². The van der Waals surface area contributed by atoms with E-state index in [1.54, 1.807) is 54.3 Å². The first kappa shape index (κ1) is 26.5. The van der Waals surface area contributed by atoms with Gasteiger partial charge in [0, 0.05) is 31.4 Å². The highest BCUT2D eigenvalue weighted by Crippen LogP contribution is 2.29. The van der Waals surface area contributed by atoms with Crippen molar-refractivity contribution in [2.24, 2.45) is 0 Å². The van der Waals surface area contributed by atoms with E-state index in [0.717, 1.165) is 0 Å². The van der Waals surface area contributed by atoms with Crippen LogP contribution in [0.1, 0.15) is 36.1 Å². The number of benzene rings is 3. The summed E-state index contributed by atoms with van der Waals surface area (Å²) in [6, 6.07) is 18.9. The molecule has 0 spiro atoms. The van der Waals surface area contributed by atoms with Gasteiger partial charge in [-0.25, -0.2) is 4.98 Å². The van der Waals surface area contributed by atoms with E-state index in [0.29, 0.717) is 34.8 Å². The normalized spacial score (nSPS) is 11.8. The Morgan fingerprint density at radius 2 is 1.76 bits per heavy atom. The second-order valence-electron chi connectivity index (χ2n) is 8.50. The molecule has 0 aliphatic heterocycles. The van der Waals surface area contributed by atoms with Gasteiger partial charge in [0.15, 0.2) is 0 Å². The number of fused-ring (bicyclic) bond motifs is 1. The fourth-order valence-corrected chi connectivity index (χ4v) is 4.27. The third-order valence-corrected chi connectivity index (χ3v) is 6.17. The summed E-state index contributed by atoms with van der Waals surface area (Å²) in [4.78, 5) is 44.5. The molecule has 4 rings (SSSR count). The minimum Gasteiger partial charge on any atom is -0.492 e. The Morgan fingerprint density at radius 1 is 1.08 bits per heavy atom. The van der Waals surface area contributed by atoms with E-state index in [-0.39, 0.29) is 35.9 Å². The van der Waals surface area contributed by atoms with E-state index >= 15 is 0 Å². The molecular formula is C28H28N4O6. The first-order valence-electron chi connectivity index (χ1n) is 12.2. The first-order valence-corrected chi connectivity index (χ1v) is 12.2. The summed E-state index contributed by atoms with van der Waals surface area (Å²) in [6.07, 6.45) is 0. The number of non-ortho nitro benzene ring substituents is 1. The van der Waals surface area contributed by atoms with Gasteiger partial charge in [-0.3, -0.25) is 24.3 Å². The van der Waals surface area contributed by atoms with Crippen molar-refractivity contribution in [1.82, 2.24) is 14.5 Å². The van der Waals surface area contributed by atoms with Crippen molar-refractivity contribution < 1.29 is 19.2 Å². The SMILES string of the molecule is CCOc1ccccc1-n1c(C(C)N(CCOC)C(=O)c2ccc([N+](=O)[O-])cc2)nc2ccccc2c1=O. The van der Waals surface area contributed by atoms with Crippen molar-refractivity contribution in [2.45, 2.75) is 19.9 Å². The van der Waals surface area contributed by atoms with Crippen LogP contribution in [0.15, 0.2) is 77.6 Å². The van der Waals surface area contributed by atoms with Crippen molar-refractivity contribution in [2.75, 3.05) is 26.9 Å². The summed E-state index contributed by atoms with van der Waals surface area (Å²) in [7, 11) is 1.53. The molecule has 0 saturated heterocycles. The lowest BCUT2D eigenvalue weighted by Crippen LogP contribution is -2.39. The molecule has 4 aromatic rings. The van der Waals surface area contributed by atoms with Crippen LogP contribution in [0.3, 0.4) is 0 Å². The number of nitro benzene ring substituents is 1. The molecule has 10 nitrogen and oxygen atoms in total. The maximum atomic E-state index is 13.9. The lowest BCUT2D eigenvalue weighted by atomic mass is 10.1. The van der Waals surface area contributed by atoms with Crippen molar-refractivity contribution >= 4 is 22.5 Å². The van der Waals surface area contributed by atoms with Gasteiger partial charge in [0.2, 0.25) is 0 Å². The number of para-hydroxylation sites is 3. The number of aromatic nitrogens is 2. The number of nitrogens with zero attached hydrogens (tertiary/aromatic N) is 4. The summed E-state index contributed by atoms with van der Waals surface area (Å²) in [5.41, 5.74) is 0.866. The Labute approximate surface area is 219 Å². The summed E-state index contributed by atoms with van der Waals surface area (Å²) in [5, 5.41) is 11.5. The topological polar surface area (TPSA) is 117 Å². The monoisotopic (exact) mass is 516 g/mol. The molecule has 0 aliphatic carbocycles. The quantitative estimate of drug-likeness (QED) is 0.224.